The number of nitrogens with two attached hydrogens (primary N) is 2. The van der Waals surface area contributed by atoms with Crippen molar-refractivity contribution in [3.8, 4) is 5.75 Å². The van der Waals surface area contributed by atoms with Gasteiger partial charge in [-0.3, -0.25) is 14.4 Å². The number of aliphatic hydroxyl groups is 3. The van der Waals surface area contributed by atoms with E-state index in [4.69, 9.17) is 23.1 Å². The Morgan fingerprint density at radius 1 is 1.21 bits per heavy atom. The average Bonchev–Trinajstić information content (AvgIpc) is 2.62. The fraction of sp³-hybridized carbons (Fsp3) is 0.316. The van der Waals surface area contributed by atoms with Crippen LogP contribution in [-0.4, -0.2) is 43.5 Å². The van der Waals surface area contributed by atoms with Crippen LogP contribution in [0.4, 0.5) is 5.69 Å². The predicted octanol–water partition coefficient (Wildman–Crippen LogP) is 0.659. The van der Waals surface area contributed by atoms with Crippen molar-refractivity contribution in [2.75, 3.05) is 5.73 Å². The lowest BCUT2D eigenvalue weighted by molar-refractivity contribution is -0.147. The van der Waals surface area contributed by atoms with Gasteiger partial charge in [0.1, 0.15) is 17.1 Å². The molecule has 0 bridgehead atoms. The van der Waals surface area contributed by atoms with E-state index in [2.05, 4.69) is 0 Å². The molecule has 29 heavy (non-hydrogen) atoms. The molecule has 3 atom stereocenters. The molecule has 10 heteroatoms. The normalized spacial score (nSPS) is 28.8. The van der Waals surface area contributed by atoms with E-state index >= 15 is 0 Å². The molecule has 2 unspecified atom stereocenters. The van der Waals surface area contributed by atoms with E-state index in [9.17, 15) is 34.8 Å². The summed E-state index contributed by atoms with van der Waals surface area (Å²) in [5.41, 5.74) is 7.38. The molecule has 0 spiro atoms. The number of hydrogen-bond acceptors (Lipinski definition) is 8. The van der Waals surface area contributed by atoms with Gasteiger partial charge in [0.05, 0.1) is 16.3 Å². The number of carbonyl (C=O) groups excluding carboxylic acids is 3. The summed E-state index contributed by atoms with van der Waals surface area (Å²) in [5.74, 6) is -6.91. The number of carbonyl (C=O) groups is 3. The Morgan fingerprint density at radius 2 is 1.86 bits per heavy atom. The van der Waals surface area contributed by atoms with Crippen molar-refractivity contribution in [3.05, 3.63) is 39.1 Å². The number of fused-ring (bicyclic) bond motifs is 3. The quantitative estimate of drug-likeness (QED) is 0.217. The van der Waals surface area contributed by atoms with Crippen LogP contribution < -0.4 is 11.5 Å². The van der Waals surface area contributed by atoms with E-state index in [1.165, 1.54) is 6.07 Å². The minimum absolute atomic E-state index is 0.0612. The van der Waals surface area contributed by atoms with E-state index in [0.717, 1.165) is 0 Å². The number of primary amides is 1. The lowest BCUT2D eigenvalue weighted by Crippen LogP contribution is -2.58. The summed E-state index contributed by atoms with van der Waals surface area (Å²) in [6.45, 7) is 0. The first kappa shape index (κ1) is 19.3. The van der Waals surface area contributed by atoms with Gasteiger partial charge in [-0.2, -0.15) is 0 Å². The van der Waals surface area contributed by atoms with Crippen LogP contribution in [0.3, 0.4) is 0 Å². The molecule has 0 aliphatic heterocycles. The Hall–Kier alpha value is -3.04. The molecule has 3 aliphatic rings. The third kappa shape index (κ3) is 2.34. The zero-order valence-corrected chi connectivity index (χ0v) is 15.7. The van der Waals surface area contributed by atoms with Crippen LogP contribution in [0.2, 0.25) is 5.02 Å². The first-order chi connectivity index (χ1) is 13.5. The zero-order chi connectivity index (χ0) is 21.4. The Bertz CT molecular complexity index is 1090. The van der Waals surface area contributed by atoms with Crippen LogP contribution in [0.1, 0.15) is 24.0 Å². The number of phenolic OH excluding ortho intramolecular Hbond substituents is 1. The van der Waals surface area contributed by atoms with Gasteiger partial charge in [-0.25, -0.2) is 0 Å². The molecule has 1 fully saturated rings. The molecule has 1 aromatic rings. The molecule has 9 nitrogen and oxygen atoms in total. The first-order valence-electron chi connectivity index (χ1n) is 8.77. The largest absolute Gasteiger partial charge is 0.508 e. The van der Waals surface area contributed by atoms with Crippen molar-refractivity contribution in [3.63, 3.8) is 0 Å². The molecule has 4 rings (SSSR count). The summed E-state index contributed by atoms with van der Waals surface area (Å²) in [6, 6.07) is 1.47. The average molecular weight is 421 g/mol. The van der Waals surface area contributed by atoms with Crippen LogP contribution in [0.25, 0.3) is 5.76 Å². The van der Waals surface area contributed by atoms with E-state index in [-0.39, 0.29) is 41.1 Å². The summed E-state index contributed by atoms with van der Waals surface area (Å²) < 4.78 is 0. The smallest absolute Gasteiger partial charge is 0.255 e. The van der Waals surface area contributed by atoms with Crippen molar-refractivity contribution in [1.29, 1.82) is 0 Å². The van der Waals surface area contributed by atoms with Crippen molar-refractivity contribution in [2.24, 2.45) is 17.6 Å². The maximum absolute atomic E-state index is 13.2. The molecule has 8 N–H and O–H groups in total. The molecule has 1 aromatic carbocycles. The fourth-order valence-corrected chi connectivity index (χ4v) is 4.88. The van der Waals surface area contributed by atoms with Gasteiger partial charge in [0.15, 0.2) is 17.1 Å². The molecule has 0 heterocycles. The lowest BCUT2D eigenvalue weighted by atomic mass is 9.59. The topological polar surface area (TPSA) is 184 Å². The van der Waals surface area contributed by atoms with Gasteiger partial charge in [-0.15, -0.1) is 0 Å². The molecule has 0 aromatic heterocycles. The Kier molecular flexibility index (Phi) is 3.97. The predicted molar refractivity (Wildman–Crippen MR) is 101 cm³/mol. The number of rotatable bonds is 1. The van der Waals surface area contributed by atoms with Crippen LogP contribution in [-0.2, 0) is 20.8 Å². The van der Waals surface area contributed by atoms with Gasteiger partial charge in [-0.05, 0) is 30.4 Å². The minimum Gasteiger partial charge on any atom is -0.508 e. The number of hydrogen-bond donors (Lipinski definition) is 6. The van der Waals surface area contributed by atoms with Crippen molar-refractivity contribution in [1.82, 2.24) is 0 Å². The summed E-state index contributed by atoms with van der Waals surface area (Å²) in [5, 5.41) is 42.7. The third-order valence-corrected chi connectivity index (χ3v) is 6.36. The van der Waals surface area contributed by atoms with Gasteiger partial charge >= 0.3 is 0 Å². The number of nitrogen functional groups attached to an aromatic ring is 1. The second kappa shape index (κ2) is 5.98. The number of aliphatic hydroxyl groups excluding tert-OH is 2. The van der Waals surface area contributed by atoms with E-state index in [1.807, 2.05) is 0 Å². The van der Waals surface area contributed by atoms with Crippen molar-refractivity contribution >= 4 is 40.5 Å². The number of halogens is 1. The number of benzene rings is 1. The third-order valence-electron chi connectivity index (χ3n) is 6.04. The standard InChI is InChI=1S/C19H17ClN2O7/c20-8-3-6-1-5-2-7-4-9(23)12(18(22)28)17(27)19(7,29)16(26)11(5)14(24)10(6)15(25)13(8)21/h3,5,7,24-25,27,29H,1-2,4,21H2,(H2,22,28)/t5?,7?,19-/m0/s1. The lowest BCUT2D eigenvalue weighted by Gasteiger charge is -2.46. The Morgan fingerprint density at radius 3 is 2.48 bits per heavy atom. The van der Waals surface area contributed by atoms with Crippen molar-refractivity contribution < 1.29 is 34.8 Å². The van der Waals surface area contributed by atoms with Gasteiger partial charge in [0, 0.05) is 17.9 Å². The number of ketones is 2. The van der Waals surface area contributed by atoms with Crippen LogP contribution >= 0.6 is 11.6 Å². The molecule has 0 saturated heterocycles. The monoisotopic (exact) mass is 420 g/mol. The van der Waals surface area contributed by atoms with E-state index < -0.39 is 57.8 Å². The molecule has 3 aliphatic carbocycles. The highest BCUT2D eigenvalue weighted by molar-refractivity contribution is 6.33. The van der Waals surface area contributed by atoms with E-state index in [1.54, 1.807) is 0 Å². The fourth-order valence-electron chi connectivity index (χ4n) is 4.66. The number of Topliss-reactive ketones (excluding diaryl/α,β-unsaturated/α-hetero) is 2. The SMILES string of the molecule is NC(=O)C1=C(O)[C@@]2(O)C(=O)C3=C(O)c4c(cc(Cl)c(N)c4O)CC3CC2CC1=O. The minimum atomic E-state index is -2.58. The van der Waals surface area contributed by atoms with E-state index in [0.29, 0.717) is 5.56 Å². The molecule has 1 saturated carbocycles. The second-order valence-corrected chi connectivity index (χ2v) is 7.97. The van der Waals surface area contributed by atoms with Crippen LogP contribution in [0.5, 0.6) is 5.75 Å². The maximum Gasteiger partial charge on any atom is 0.255 e. The molecule has 152 valence electrons. The summed E-state index contributed by atoms with van der Waals surface area (Å²) in [7, 11) is 0. The summed E-state index contributed by atoms with van der Waals surface area (Å²) >= 11 is 6.00. The number of anilines is 1. The zero-order valence-electron chi connectivity index (χ0n) is 14.9. The molecule has 1 amide bonds. The summed E-state index contributed by atoms with van der Waals surface area (Å²) in [4.78, 5) is 37.0. The highest BCUT2D eigenvalue weighted by Crippen LogP contribution is 2.53. The van der Waals surface area contributed by atoms with Gasteiger partial charge < -0.3 is 31.9 Å². The summed E-state index contributed by atoms with van der Waals surface area (Å²) in [6.07, 6.45) is -0.122. The highest BCUT2D eigenvalue weighted by Gasteiger charge is 2.60. The first-order valence-corrected chi connectivity index (χ1v) is 9.15. The highest BCUT2D eigenvalue weighted by atomic mass is 35.5. The van der Waals surface area contributed by atoms with Crippen LogP contribution in [0, 0.1) is 11.8 Å². The molecule has 0 radical (unpaired) electrons. The maximum atomic E-state index is 13.2. The van der Waals surface area contributed by atoms with Gasteiger partial charge in [-0.1, -0.05) is 11.6 Å². The Balaban J connectivity index is 1.95. The van der Waals surface area contributed by atoms with Crippen molar-refractivity contribution in [2.45, 2.75) is 24.9 Å². The van der Waals surface area contributed by atoms with Gasteiger partial charge in [0.25, 0.3) is 5.91 Å². The van der Waals surface area contributed by atoms with Crippen LogP contribution in [0.15, 0.2) is 23.0 Å². The molecular formula is C19H17ClN2O7. The second-order valence-electron chi connectivity index (χ2n) is 7.56. The van der Waals surface area contributed by atoms with Gasteiger partial charge in [0.2, 0.25) is 5.78 Å². The number of amides is 1. The molecular weight excluding hydrogens is 404 g/mol. The number of aromatic hydroxyl groups is 1. The number of phenols is 1. The Labute approximate surface area is 168 Å².